The number of ether oxygens (including phenoxy) is 1. The summed E-state index contributed by atoms with van der Waals surface area (Å²) in [6.45, 7) is 4.47. The van der Waals surface area contributed by atoms with Crippen molar-refractivity contribution in [2.24, 2.45) is 4.99 Å². The van der Waals surface area contributed by atoms with Crippen molar-refractivity contribution in [3.05, 3.63) is 102 Å². The zero-order valence-corrected chi connectivity index (χ0v) is 24.4. The molecule has 43 heavy (non-hydrogen) atoms. The maximum Gasteiger partial charge on any atom is 0.426 e. The van der Waals surface area contributed by atoms with Crippen molar-refractivity contribution in [2.75, 3.05) is 26.2 Å². The minimum atomic E-state index is -0.858. The topological polar surface area (TPSA) is 106 Å². The summed E-state index contributed by atoms with van der Waals surface area (Å²) in [7, 11) is 0. The van der Waals surface area contributed by atoms with Gasteiger partial charge in [-0.1, -0.05) is 66.8 Å². The highest BCUT2D eigenvalue weighted by atomic mass is 32.2. The highest BCUT2D eigenvalue weighted by Crippen LogP contribution is 2.34. The van der Waals surface area contributed by atoms with Gasteiger partial charge in [0.15, 0.2) is 0 Å². The van der Waals surface area contributed by atoms with Crippen molar-refractivity contribution in [3.8, 4) is 5.75 Å². The number of aliphatic imine (C=N–C) groups is 1. The van der Waals surface area contributed by atoms with E-state index in [1.54, 1.807) is 52.0 Å². The number of hydrogen-bond donors (Lipinski definition) is 1. The van der Waals surface area contributed by atoms with Gasteiger partial charge in [-0.2, -0.15) is 0 Å². The molecule has 0 saturated carbocycles. The zero-order chi connectivity index (χ0) is 29.9. The SMILES string of the molecule is C=CCN1CC(=O)N2C(Cc3ccc(O)cc3)C(=O)N(CC3=CC=CC4SC=NC34)CC2N1C(=O)OCc1ccccc1. The largest absolute Gasteiger partial charge is 0.508 e. The van der Waals surface area contributed by atoms with Crippen LogP contribution in [0.1, 0.15) is 11.1 Å². The molecule has 4 atom stereocenters. The number of aromatic hydroxyl groups is 1. The monoisotopic (exact) mass is 599 g/mol. The van der Waals surface area contributed by atoms with Gasteiger partial charge < -0.3 is 19.6 Å². The summed E-state index contributed by atoms with van der Waals surface area (Å²) in [6, 6.07) is 15.1. The van der Waals surface area contributed by atoms with Crippen molar-refractivity contribution in [1.82, 2.24) is 19.8 Å². The minimum Gasteiger partial charge on any atom is -0.508 e. The Bertz CT molecular complexity index is 1480. The van der Waals surface area contributed by atoms with Gasteiger partial charge in [0.25, 0.3) is 0 Å². The van der Waals surface area contributed by atoms with E-state index in [-0.39, 0.29) is 61.5 Å². The molecule has 3 amide bonds. The second kappa shape index (κ2) is 12.5. The van der Waals surface area contributed by atoms with Crippen LogP contribution in [0.3, 0.4) is 0 Å². The van der Waals surface area contributed by atoms with Gasteiger partial charge >= 0.3 is 6.09 Å². The molecule has 4 unspecified atom stereocenters. The van der Waals surface area contributed by atoms with Crippen LogP contribution in [0.2, 0.25) is 0 Å². The third-order valence-electron chi connectivity index (χ3n) is 8.04. The lowest BCUT2D eigenvalue weighted by atomic mass is 9.95. The molecular formula is C32H33N5O5S. The smallest absolute Gasteiger partial charge is 0.426 e. The molecule has 0 aromatic heterocycles. The van der Waals surface area contributed by atoms with Crippen molar-refractivity contribution in [1.29, 1.82) is 0 Å². The molecule has 11 heteroatoms. The molecule has 1 N–H and O–H groups in total. The predicted octanol–water partition coefficient (Wildman–Crippen LogP) is 3.36. The fourth-order valence-electron chi connectivity index (χ4n) is 6.00. The molecule has 2 fully saturated rings. The summed E-state index contributed by atoms with van der Waals surface area (Å²) in [6.07, 6.45) is 6.57. The summed E-state index contributed by atoms with van der Waals surface area (Å²) in [5, 5.41) is 13.1. The van der Waals surface area contributed by atoms with E-state index in [1.807, 2.05) is 48.0 Å². The summed E-state index contributed by atoms with van der Waals surface area (Å²) < 4.78 is 5.76. The number of rotatable bonds is 8. The summed E-state index contributed by atoms with van der Waals surface area (Å²) >= 11 is 1.65. The summed E-state index contributed by atoms with van der Waals surface area (Å²) in [5.74, 6) is -0.344. The molecule has 2 saturated heterocycles. The number of carbonyl (C=O) groups excluding carboxylic acids is 3. The second-order valence-corrected chi connectivity index (χ2v) is 11.9. The second-order valence-electron chi connectivity index (χ2n) is 10.8. The normalized spacial score (nSPS) is 24.9. The van der Waals surface area contributed by atoms with Crippen LogP contribution in [0.15, 0.2) is 96.0 Å². The molecule has 3 heterocycles. The van der Waals surface area contributed by atoms with E-state index < -0.39 is 18.3 Å². The average molecular weight is 600 g/mol. The fraction of sp³-hybridized carbons (Fsp3) is 0.312. The van der Waals surface area contributed by atoms with Crippen LogP contribution in [-0.2, 0) is 27.4 Å². The fourth-order valence-corrected chi connectivity index (χ4v) is 6.92. The lowest BCUT2D eigenvalue weighted by molar-refractivity contribution is -0.192. The molecule has 0 bridgehead atoms. The first-order valence-electron chi connectivity index (χ1n) is 14.2. The number of amides is 3. The molecule has 4 aliphatic rings. The Kier molecular flexibility index (Phi) is 8.35. The van der Waals surface area contributed by atoms with E-state index in [0.717, 1.165) is 16.7 Å². The number of carbonyl (C=O) groups is 3. The van der Waals surface area contributed by atoms with Gasteiger partial charge in [0.2, 0.25) is 11.8 Å². The highest BCUT2D eigenvalue weighted by molar-refractivity contribution is 8.13. The first kappa shape index (κ1) is 28.8. The van der Waals surface area contributed by atoms with Gasteiger partial charge in [0.1, 0.15) is 24.6 Å². The molecule has 6 rings (SSSR count). The van der Waals surface area contributed by atoms with Crippen LogP contribution in [-0.4, -0.2) is 98.1 Å². The van der Waals surface area contributed by atoms with Crippen LogP contribution < -0.4 is 0 Å². The van der Waals surface area contributed by atoms with Gasteiger partial charge in [-0.25, -0.2) is 14.8 Å². The van der Waals surface area contributed by atoms with Crippen molar-refractivity contribution in [2.45, 2.75) is 36.5 Å². The first-order valence-corrected chi connectivity index (χ1v) is 15.1. The van der Waals surface area contributed by atoms with Gasteiger partial charge in [-0.15, -0.1) is 18.3 Å². The molecule has 0 radical (unpaired) electrons. The number of phenols is 1. The quantitative estimate of drug-likeness (QED) is 0.464. The number of hydrogen-bond acceptors (Lipinski definition) is 8. The number of nitrogens with zero attached hydrogens (tertiary/aromatic N) is 5. The van der Waals surface area contributed by atoms with Gasteiger partial charge in [0, 0.05) is 19.5 Å². The van der Waals surface area contributed by atoms with E-state index in [1.165, 1.54) is 9.91 Å². The Morgan fingerprint density at radius 1 is 1.12 bits per heavy atom. The van der Waals surface area contributed by atoms with E-state index in [0.29, 0.717) is 6.54 Å². The molecule has 3 aliphatic heterocycles. The van der Waals surface area contributed by atoms with Gasteiger partial charge in [-0.05, 0) is 28.8 Å². The van der Waals surface area contributed by atoms with E-state index in [9.17, 15) is 19.5 Å². The molecular weight excluding hydrogens is 566 g/mol. The third-order valence-corrected chi connectivity index (χ3v) is 9.02. The van der Waals surface area contributed by atoms with E-state index in [4.69, 9.17) is 4.74 Å². The molecule has 10 nitrogen and oxygen atoms in total. The van der Waals surface area contributed by atoms with E-state index >= 15 is 0 Å². The number of fused-ring (bicyclic) bond motifs is 2. The number of benzene rings is 2. The maximum absolute atomic E-state index is 14.2. The van der Waals surface area contributed by atoms with Gasteiger partial charge in [-0.3, -0.25) is 14.6 Å². The lowest BCUT2D eigenvalue weighted by Gasteiger charge is -2.54. The molecule has 222 valence electrons. The van der Waals surface area contributed by atoms with Crippen LogP contribution in [0.25, 0.3) is 0 Å². The van der Waals surface area contributed by atoms with Crippen LogP contribution in [0, 0.1) is 0 Å². The van der Waals surface area contributed by atoms with E-state index in [2.05, 4.69) is 17.6 Å². The van der Waals surface area contributed by atoms with Gasteiger partial charge in [0.05, 0.1) is 29.9 Å². The van der Waals surface area contributed by atoms with Crippen LogP contribution >= 0.6 is 11.8 Å². The standard InChI is InChI=1S/C32H33N5O5S/c1-2-15-35-19-29(39)36-26(16-22-11-13-25(38)14-12-22)31(40)34(17-24-9-6-10-27-30(24)33-21-43-27)18-28(36)37(35)32(41)42-20-23-7-4-3-5-8-23/h2-14,21,26-28,30,38H,1,15-20H2. The lowest BCUT2D eigenvalue weighted by Crippen LogP contribution is -2.76. The number of thioether (sulfide) groups is 1. The summed E-state index contributed by atoms with van der Waals surface area (Å²) in [5.41, 5.74) is 4.47. The zero-order valence-electron chi connectivity index (χ0n) is 23.6. The number of allylic oxidation sites excluding steroid dienone is 2. The number of piperazine rings is 1. The first-order chi connectivity index (χ1) is 20.9. The van der Waals surface area contributed by atoms with Crippen LogP contribution in [0.5, 0.6) is 5.75 Å². The number of phenolic OH excluding ortho intramolecular Hbond substituents is 1. The Hall–Kier alpha value is -4.35. The predicted molar refractivity (Wildman–Crippen MR) is 164 cm³/mol. The Balaban J connectivity index is 1.33. The Labute approximate surface area is 254 Å². The molecule has 0 spiro atoms. The molecule has 1 aliphatic carbocycles. The Morgan fingerprint density at radius 2 is 1.91 bits per heavy atom. The molecule has 2 aromatic rings. The van der Waals surface area contributed by atoms with Crippen molar-refractivity contribution < 1.29 is 24.2 Å². The Morgan fingerprint density at radius 3 is 2.67 bits per heavy atom. The summed E-state index contributed by atoms with van der Waals surface area (Å²) in [4.78, 5) is 49.6. The van der Waals surface area contributed by atoms with Crippen molar-refractivity contribution in [3.63, 3.8) is 0 Å². The minimum absolute atomic E-state index is 0.0615. The average Bonchev–Trinajstić information content (AvgIpc) is 3.50. The van der Waals surface area contributed by atoms with Crippen LogP contribution in [0.4, 0.5) is 4.79 Å². The maximum atomic E-state index is 14.2. The van der Waals surface area contributed by atoms with Crippen molar-refractivity contribution >= 4 is 35.2 Å². The third kappa shape index (κ3) is 5.95. The molecule has 2 aromatic carbocycles. The highest BCUT2D eigenvalue weighted by Gasteiger charge is 2.52. The number of hydrazine groups is 1.